The topological polar surface area (TPSA) is 83.9 Å². The summed E-state index contributed by atoms with van der Waals surface area (Å²) in [4.78, 5) is 15.4. The lowest BCUT2D eigenvalue weighted by atomic mass is 9.94. The molecule has 0 unspecified atom stereocenters. The van der Waals surface area contributed by atoms with E-state index in [1.54, 1.807) is 7.11 Å². The molecule has 1 aromatic carbocycles. The highest BCUT2D eigenvalue weighted by Gasteiger charge is 2.23. The predicted octanol–water partition coefficient (Wildman–Crippen LogP) is 6.00. The molecule has 8 nitrogen and oxygen atoms in total. The number of methoxy groups -OCH3 is 1. The number of H-pyrrole nitrogens is 1. The Bertz CT molecular complexity index is 1480. The second-order valence-electron chi connectivity index (χ2n) is 10.0. The van der Waals surface area contributed by atoms with Crippen LogP contribution >= 0.6 is 0 Å². The van der Waals surface area contributed by atoms with Crippen LogP contribution in [0.2, 0.25) is 0 Å². The number of piperidine rings is 1. The number of aromatic nitrogens is 5. The minimum absolute atomic E-state index is 0.368. The average Bonchev–Trinajstić information content (AvgIpc) is 3.42. The zero-order valence-electron chi connectivity index (χ0n) is 22.1. The largest absolute Gasteiger partial charge is 0.496 e. The molecule has 0 saturated carbocycles. The third-order valence-corrected chi connectivity index (χ3v) is 7.03. The van der Waals surface area contributed by atoms with Gasteiger partial charge in [0, 0.05) is 22.5 Å². The Balaban J connectivity index is 1.64. The van der Waals surface area contributed by atoms with E-state index >= 15 is 0 Å². The Morgan fingerprint density at radius 2 is 1.92 bits per heavy atom. The fraction of sp³-hybridized carbons (Fsp3) is 0.393. The van der Waals surface area contributed by atoms with E-state index in [2.05, 4.69) is 64.6 Å². The second-order valence-corrected chi connectivity index (χ2v) is 10.0. The van der Waals surface area contributed by atoms with E-state index in [4.69, 9.17) is 14.7 Å². The van der Waals surface area contributed by atoms with Gasteiger partial charge in [-0.2, -0.15) is 5.10 Å². The molecule has 0 atom stereocenters. The third-order valence-electron chi connectivity index (χ3n) is 7.03. The van der Waals surface area contributed by atoms with Gasteiger partial charge in [-0.05, 0) is 78.4 Å². The molecule has 1 aliphatic heterocycles. The number of anilines is 2. The molecule has 36 heavy (non-hydrogen) atoms. The van der Waals surface area contributed by atoms with Gasteiger partial charge in [-0.15, -0.1) is 0 Å². The van der Waals surface area contributed by atoms with Crippen molar-refractivity contribution in [2.75, 3.05) is 32.6 Å². The molecule has 8 heteroatoms. The molecule has 0 spiro atoms. The highest BCUT2D eigenvalue weighted by molar-refractivity contribution is 6.13. The first-order valence-electron chi connectivity index (χ1n) is 12.5. The summed E-state index contributed by atoms with van der Waals surface area (Å²) in [6.07, 6.45) is 4.01. The Kier molecular flexibility index (Phi) is 6.30. The highest BCUT2D eigenvalue weighted by atomic mass is 16.5. The maximum atomic E-state index is 5.86. The van der Waals surface area contributed by atoms with Gasteiger partial charge >= 0.3 is 0 Å². The number of hydrogen-bond donors (Lipinski definition) is 2. The molecule has 2 N–H and O–H groups in total. The zero-order chi connectivity index (χ0) is 25.6. The maximum Gasteiger partial charge on any atom is 0.145 e. The lowest BCUT2D eigenvalue weighted by molar-refractivity contribution is 0.214. The Hall–Kier alpha value is -3.65. The van der Waals surface area contributed by atoms with Gasteiger partial charge in [0.1, 0.15) is 28.9 Å². The summed E-state index contributed by atoms with van der Waals surface area (Å²) < 4.78 is 7.97. The van der Waals surface area contributed by atoms with Crippen LogP contribution in [0.3, 0.4) is 0 Å². The van der Waals surface area contributed by atoms with Gasteiger partial charge < -0.3 is 19.9 Å². The minimum Gasteiger partial charge on any atom is -0.496 e. The minimum atomic E-state index is 0.368. The van der Waals surface area contributed by atoms with Crippen molar-refractivity contribution in [1.82, 2.24) is 29.6 Å². The molecule has 1 saturated heterocycles. The molecule has 3 aromatic heterocycles. The summed E-state index contributed by atoms with van der Waals surface area (Å²) in [7, 11) is 3.88. The number of ether oxygens (including phenoxy) is 1. The van der Waals surface area contributed by atoms with Gasteiger partial charge in [0.25, 0.3) is 0 Å². The molecule has 4 heterocycles. The monoisotopic (exact) mass is 485 g/mol. The van der Waals surface area contributed by atoms with Crippen LogP contribution in [-0.2, 0) is 0 Å². The number of allylic oxidation sites excluding steroid dienone is 3. The van der Waals surface area contributed by atoms with Crippen LogP contribution in [0.5, 0.6) is 5.75 Å². The summed E-state index contributed by atoms with van der Waals surface area (Å²) >= 11 is 0. The van der Waals surface area contributed by atoms with Gasteiger partial charge in [0.2, 0.25) is 0 Å². The quantitative estimate of drug-likeness (QED) is 0.326. The molecule has 0 amide bonds. The molecule has 0 bridgehead atoms. The first-order valence-corrected chi connectivity index (χ1v) is 12.5. The van der Waals surface area contributed by atoms with Crippen LogP contribution in [0.1, 0.15) is 51.0 Å². The molecule has 0 radical (unpaired) electrons. The number of nitrogens with zero attached hydrogens (tertiary/aromatic N) is 5. The number of hydrogen-bond acceptors (Lipinski definition) is 6. The molecule has 0 aliphatic carbocycles. The second kappa shape index (κ2) is 9.43. The van der Waals surface area contributed by atoms with E-state index in [0.29, 0.717) is 11.9 Å². The van der Waals surface area contributed by atoms with Crippen LogP contribution in [0.4, 0.5) is 11.6 Å². The van der Waals surface area contributed by atoms with E-state index < -0.39 is 0 Å². The van der Waals surface area contributed by atoms with Crippen molar-refractivity contribution in [2.45, 2.75) is 46.6 Å². The van der Waals surface area contributed by atoms with Gasteiger partial charge in [-0.1, -0.05) is 17.7 Å². The summed E-state index contributed by atoms with van der Waals surface area (Å²) in [5.74, 6) is 3.19. The number of fused-ring (bicyclic) bond motifs is 3. The fourth-order valence-corrected chi connectivity index (χ4v) is 5.38. The van der Waals surface area contributed by atoms with E-state index in [9.17, 15) is 0 Å². The van der Waals surface area contributed by atoms with Gasteiger partial charge in [0.15, 0.2) is 0 Å². The maximum absolute atomic E-state index is 5.86. The first-order chi connectivity index (χ1) is 17.3. The van der Waals surface area contributed by atoms with E-state index in [0.717, 1.165) is 82.0 Å². The standard InChI is InChI=1S/C28H35N7O/c1-16(2)25(17(3)4)21-14-22-20(15-23(21)36-7)26-27(32-22)30-18(5)31-28(26)33-24-8-11-29-35(24)19-9-12-34(6)13-10-19/h8,11,14-15,19H,1,9-10,12-13H2,2-7H3,(H2,30,31,32,33). The van der Waals surface area contributed by atoms with Crippen molar-refractivity contribution >= 4 is 39.1 Å². The molecule has 5 rings (SSSR count). The van der Waals surface area contributed by atoms with Crippen molar-refractivity contribution in [3.8, 4) is 5.75 Å². The molecule has 1 aliphatic rings. The SMILES string of the molecule is C=C(C)C(=C(C)C)c1cc2[nH]c3nc(C)nc(Nc4ccnn4C4CCN(C)CC4)c3c2cc1OC. The van der Waals surface area contributed by atoms with Crippen molar-refractivity contribution in [3.63, 3.8) is 0 Å². The van der Waals surface area contributed by atoms with Crippen LogP contribution in [0.15, 0.2) is 42.1 Å². The summed E-state index contributed by atoms with van der Waals surface area (Å²) in [5, 5.41) is 10.2. The van der Waals surface area contributed by atoms with Crippen LogP contribution in [0.25, 0.3) is 27.5 Å². The lowest BCUT2D eigenvalue weighted by Gasteiger charge is -2.30. The number of nitrogens with one attached hydrogen (secondary N) is 2. The van der Waals surface area contributed by atoms with Crippen molar-refractivity contribution in [2.24, 2.45) is 0 Å². The van der Waals surface area contributed by atoms with E-state index in [1.807, 2.05) is 26.1 Å². The fourth-order valence-electron chi connectivity index (χ4n) is 5.38. The Labute approximate surface area is 212 Å². The van der Waals surface area contributed by atoms with Crippen molar-refractivity contribution < 1.29 is 4.74 Å². The number of benzene rings is 1. The van der Waals surface area contributed by atoms with Crippen LogP contribution in [-0.4, -0.2) is 56.9 Å². The number of likely N-dealkylation sites (tertiary alicyclic amines) is 1. The van der Waals surface area contributed by atoms with Crippen molar-refractivity contribution in [3.05, 3.63) is 53.5 Å². The summed E-state index contributed by atoms with van der Waals surface area (Å²) in [6.45, 7) is 14.5. The molecular weight excluding hydrogens is 450 g/mol. The smallest absolute Gasteiger partial charge is 0.145 e. The predicted molar refractivity (Wildman–Crippen MR) is 147 cm³/mol. The highest BCUT2D eigenvalue weighted by Crippen LogP contribution is 2.40. The normalized spacial score (nSPS) is 14.9. The third kappa shape index (κ3) is 4.26. The number of aromatic amines is 1. The van der Waals surface area contributed by atoms with Gasteiger partial charge in [-0.3, -0.25) is 0 Å². The van der Waals surface area contributed by atoms with Crippen LogP contribution < -0.4 is 10.1 Å². The van der Waals surface area contributed by atoms with Crippen molar-refractivity contribution in [1.29, 1.82) is 0 Å². The Morgan fingerprint density at radius 3 is 2.58 bits per heavy atom. The van der Waals surface area contributed by atoms with E-state index in [1.165, 1.54) is 5.57 Å². The number of rotatable bonds is 6. The molecule has 4 aromatic rings. The molecular formula is C28H35N7O. The van der Waals surface area contributed by atoms with Gasteiger partial charge in [0.05, 0.1) is 24.7 Å². The summed E-state index contributed by atoms with van der Waals surface area (Å²) in [5.41, 5.74) is 6.09. The lowest BCUT2D eigenvalue weighted by Crippen LogP contribution is -2.32. The van der Waals surface area contributed by atoms with E-state index in [-0.39, 0.29) is 0 Å². The molecule has 188 valence electrons. The first kappa shape index (κ1) is 24.1. The molecule has 1 fully saturated rings. The number of aryl methyl sites for hydroxylation is 1. The van der Waals surface area contributed by atoms with Crippen LogP contribution in [0, 0.1) is 6.92 Å². The van der Waals surface area contributed by atoms with Gasteiger partial charge in [-0.25, -0.2) is 14.6 Å². The average molecular weight is 486 g/mol. The zero-order valence-corrected chi connectivity index (χ0v) is 22.1. The summed E-state index contributed by atoms with van der Waals surface area (Å²) in [6, 6.07) is 6.60. The Morgan fingerprint density at radius 1 is 1.17 bits per heavy atom.